The molecular formula is C13H13N3O2S2. The molecule has 0 spiro atoms. The molecule has 0 amide bonds. The number of benzene rings is 1. The lowest BCUT2D eigenvalue weighted by Gasteiger charge is -2.10. The largest absolute Gasteiger partial charge is 0.389 e. The number of nitrogens with zero attached hydrogens (tertiary/aromatic N) is 1. The highest BCUT2D eigenvalue weighted by Gasteiger charge is 2.18. The Morgan fingerprint density at radius 3 is 2.50 bits per heavy atom. The molecule has 2 rings (SSSR count). The van der Waals surface area contributed by atoms with Crippen molar-refractivity contribution in [2.75, 3.05) is 0 Å². The van der Waals surface area contributed by atoms with Crippen LogP contribution in [-0.2, 0) is 16.6 Å². The highest BCUT2D eigenvalue weighted by atomic mass is 32.2. The average molecular weight is 307 g/mol. The summed E-state index contributed by atoms with van der Waals surface area (Å²) in [7, 11) is -3.67. The summed E-state index contributed by atoms with van der Waals surface area (Å²) in [6, 6.07) is 9.86. The Labute approximate surface area is 122 Å². The van der Waals surface area contributed by atoms with Gasteiger partial charge in [-0.05, 0) is 23.8 Å². The van der Waals surface area contributed by atoms with Crippen LogP contribution in [-0.4, -0.2) is 18.4 Å². The fourth-order valence-corrected chi connectivity index (χ4v) is 3.14. The SMILES string of the molecule is NC(=S)c1ccccc1S(=O)(=O)NCc1ccncc1. The van der Waals surface area contributed by atoms with Crippen molar-refractivity contribution in [2.24, 2.45) is 5.73 Å². The first kappa shape index (κ1) is 14.6. The van der Waals surface area contributed by atoms with Crippen molar-refractivity contribution in [1.82, 2.24) is 9.71 Å². The number of aromatic nitrogens is 1. The number of pyridine rings is 1. The summed E-state index contributed by atoms with van der Waals surface area (Å²) in [5.74, 6) is 0. The molecule has 1 aromatic carbocycles. The average Bonchev–Trinajstić information content (AvgIpc) is 2.46. The van der Waals surface area contributed by atoms with Gasteiger partial charge in [0.25, 0.3) is 0 Å². The van der Waals surface area contributed by atoms with Gasteiger partial charge in [0.05, 0.1) is 4.90 Å². The summed E-state index contributed by atoms with van der Waals surface area (Å²) < 4.78 is 27.1. The fourth-order valence-electron chi connectivity index (χ4n) is 1.66. The van der Waals surface area contributed by atoms with Gasteiger partial charge in [-0.15, -0.1) is 0 Å². The topological polar surface area (TPSA) is 85.1 Å². The number of nitrogens with two attached hydrogens (primary N) is 1. The molecule has 0 aliphatic rings. The Hall–Kier alpha value is -1.83. The fraction of sp³-hybridized carbons (Fsp3) is 0.0769. The molecule has 3 N–H and O–H groups in total. The van der Waals surface area contributed by atoms with Crippen LogP contribution < -0.4 is 10.5 Å². The van der Waals surface area contributed by atoms with E-state index in [-0.39, 0.29) is 16.4 Å². The van der Waals surface area contributed by atoms with Gasteiger partial charge >= 0.3 is 0 Å². The van der Waals surface area contributed by atoms with Gasteiger partial charge in [-0.2, -0.15) is 0 Å². The third kappa shape index (κ3) is 3.38. The Bertz CT molecular complexity index is 715. The zero-order valence-corrected chi connectivity index (χ0v) is 12.1. The first-order valence-electron chi connectivity index (χ1n) is 5.78. The van der Waals surface area contributed by atoms with Crippen LogP contribution in [0.3, 0.4) is 0 Å². The van der Waals surface area contributed by atoms with Gasteiger partial charge in [-0.3, -0.25) is 4.98 Å². The summed E-state index contributed by atoms with van der Waals surface area (Å²) in [6.07, 6.45) is 3.21. The van der Waals surface area contributed by atoms with Crippen molar-refractivity contribution in [3.05, 3.63) is 59.9 Å². The van der Waals surface area contributed by atoms with E-state index in [2.05, 4.69) is 9.71 Å². The Balaban J connectivity index is 2.25. The minimum Gasteiger partial charge on any atom is -0.389 e. The minimum atomic E-state index is -3.67. The number of hydrogen-bond acceptors (Lipinski definition) is 4. The van der Waals surface area contributed by atoms with Crippen molar-refractivity contribution in [3.63, 3.8) is 0 Å². The molecule has 7 heteroatoms. The second-order valence-electron chi connectivity index (χ2n) is 4.04. The van der Waals surface area contributed by atoms with E-state index in [0.717, 1.165) is 5.56 Å². The molecule has 0 aliphatic carbocycles. The molecule has 104 valence electrons. The lowest BCUT2D eigenvalue weighted by molar-refractivity contribution is 0.581. The Morgan fingerprint density at radius 2 is 1.85 bits per heavy atom. The van der Waals surface area contributed by atoms with Gasteiger partial charge in [0.2, 0.25) is 10.0 Å². The minimum absolute atomic E-state index is 0.0508. The van der Waals surface area contributed by atoms with E-state index >= 15 is 0 Å². The predicted octanol–water partition coefficient (Wildman–Crippen LogP) is 1.19. The maximum absolute atomic E-state index is 12.3. The van der Waals surface area contributed by atoms with Gasteiger partial charge in [0.15, 0.2) is 0 Å². The lowest BCUT2D eigenvalue weighted by atomic mass is 10.2. The standard InChI is InChI=1S/C13H13N3O2S2/c14-13(19)11-3-1-2-4-12(11)20(17,18)16-9-10-5-7-15-8-6-10/h1-8,16H,9H2,(H2,14,19). The van der Waals surface area contributed by atoms with E-state index in [1.165, 1.54) is 6.07 Å². The normalized spacial score (nSPS) is 11.2. The number of rotatable bonds is 5. The summed E-state index contributed by atoms with van der Waals surface area (Å²) in [5, 5.41) is 0. The second kappa shape index (κ2) is 6.08. The smallest absolute Gasteiger partial charge is 0.241 e. The summed E-state index contributed by atoms with van der Waals surface area (Å²) in [4.78, 5) is 4.01. The maximum atomic E-state index is 12.3. The van der Waals surface area contributed by atoms with Crippen LogP contribution in [0.2, 0.25) is 0 Å². The molecule has 0 unspecified atom stereocenters. The summed E-state index contributed by atoms with van der Waals surface area (Å²) >= 11 is 4.87. The maximum Gasteiger partial charge on any atom is 0.241 e. The Kier molecular flexibility index (Phi) is 4.43. The van der Waals surface area contributed by atoms with Gasteiger partial charge in [-0.25, -0.2) is 13.1 Å². The monoisotopic (exact) mass is 307 g/mol. The molecule has 0 atom stereocenters. The van der Waals surface area contributed by atoms with Crippen molar-refractivity contribution in [3.8, 4) is 0 Å². The van der Waals surface area contributed by atoms with Gasteiger partial charge in [-0.1, -0.05) is 30.4 Å². The molecule has 0 aliphatic heterocycles. The molecule has 0 radical (unpaired) electrons. The lowest BCUT2D eigenvalue weighted by Crippen LogP contribution is -2.26. The van der Waals surface area contributed by atoms with Crippen LogP contribution in [0.15, 0.2) is 53.7 Å². The van der Waals surface area contributed by atoms with Crippen LogP contribution in [0, 0.1) is 0 Å². The molecule has 2 aromatic rings. The van der Waals surface area contributed by atoms with Crippen molar-refractivity contribution in [1.29, 1.82) is 0 Å². The molecule has 0 fully saturated rings. The molecule has 1 aromatic heterocycles. The van der Waals surface area contributed by atoms with E-state index in [4.69, 9.17) is 18.0 Å². The van der Waals surface area contributed by atoms with E-state index in [1.807, 2.05) is 0 Å². The van der Waals surface area contributed by atoms with E-state index in [0.29, 0.717) is 5.56 Å². The van der Waals surface area contributed by atoms with Crippen molar-refractivity contribution in [2.45, 2.75) is 11.4 Å². The molecule has 5 nitrogen and oxygen atoms in total. The zero-order chi connectivity index (χ0) is 14.6. The molecule has 20 heavy (non-hydrogen) atoms. The third-order valence-electron chi connectivity index (χ3n) is 2.66. The summed E-state index contributed by atoms with van der Waals surface area (Å²) in [5.41, 5.74) is 6.70. The van der Waals surface area contributed by atoms with Gasteiger partial charge in [0, 0.05) is 24.5 Å². The van der Waals surface area contributed by atoms with E-state index < -0.39 is 10.0 Å². The van der Waals surface area contributed by atoms with Crippen LogP contribution in [0.25, 0.3) is 0 Å². The Morgan fingerprint density at radius 1 is 1.20 bits per heavy atom. The molecule has 0 saturated heterocycles. The van der Waals surface area contributed by atoms with Crippen LogP contribution in [0.5, 0.6) is 0 Å². The highest BCUT2D eigenvalue weighted by Crippen LogP contribution is 2.15. The first-order valence-corrected chi connectivity index (χ1v) is 7.67. The number of thiocarbonyl (C=S) groups is 1. The molecule has 0 saturated carbocycles. The quantitative estimate of drug-likeness (QED) is 0.811. The van der Waals surface area contributed by atoms with Gasteiger partial charge in [0.1, 0.15) is 4.99 Å². The molecule has 0 bridgehead atoms. The second-order valence-corrected chi connectivity index (χ2v) is 6.22. The van der Waals surface area contributed by atoms with E-state index in [1.54, 1.807) is 42.7 Å². The van der Waals surface area contributed by atoms with Crippen molar-refractivity contribution >= 4 is 27.2 Å². The third-order valence-corrected chi connectivity index (χ3v) is 4.34. The summed E-state index contributed by atoms with van der Waals surface area (Å²) in [6.45, 7) is 0.177. The van der Waals surface area contributed by atoms with Crippen LogP contribution >= 0.6 is 12.2 Å². The molecular weight excluding hydrogens is 294 g/mol. The van der Waals surface area contributed by atoms with E-state index in [9.17, 15) is 8.42 Å². The van der Waals surface area contributed by atoms with Gasteiger partial charge < -0.3 is 5.73 Å². The number of nitrogens with one attached hydrogen (secondary N) is 1. The molecule has 1 heterocycles. The predicted molar refractivity (Wildman–Crippen MR) is 80.6 cm³/mol. The number of sulfonamides is 1. The zero-order valence-electron chi connectivity index (χ0n) is 10.5. The van der Waals surface area contributed by atoms with Crippen molar-refractivity contribution < 1.29 is 8.42 Å². The van der Waals surface area contributed by atoms with Crippen LogP contribution in [0.4, 0.5) is 0 Å². The number of hydrogen-bond donors (Lipinski definition) is 2. The van der Waals surface area contributed by atoms with Crippen LogP contribution in [0.1, 0.15) is 11.1 Å². The highest BCUT2D eigenvalue weighted by molar-refractivity contribution is 7.89. The first-order chi connectivity index (χ1) is 9.50.